The average Bonchev–Trinajstić information content (AvgIpc) is 4.03. The number of rotatable bonds is 14. The molecule has 0 fully saturated rings. The molecule has 0 saturated heterocycles. The molecule has 11 aromatic rings. The summed E-state index contributed by atoms with van der Waals surface area (Å²) in [5.41, 5.74) is 0.796. The molecule has 1 N–H and O–H groups in total. The maximum atomic E-state index is 12.4. The van der Waals surface area contributed by atoms with Crippen molar-refractivity contribution < 1.29 is 9.53 Å². The SMILES string of the molecule is C=CC(=O)Oc1cccc2c(NCC(CSc3cccc4c3sc3ccccc34)(CSc3cccc4c3sc3ccccc34)CSc3cccc4c3sc3ccccc34)cccc12. The molecule has 9 heteroatoms. The quantitative estimate of drug-likeness (QED) is 0.0507. The maximum Gasteiger partial charge on any atom is 0.335 e. The van der Waals surface area contributed by atoms with Gasteiger partial charge in [-0.3, -0.25) is 0 Å². The highest BCUT2D eigenvalue weighted by molar-refractivity contribution is 8.01. The smallest absolute Gasteiger partial charge is 0.335 e. The Morgan fingerprint density at radius 2 is 0.889 bits per heavy atom. The van der Waals surface area contributed by atoms with Gasteiger partial charge in [0.25, 0.3) is 0 Å². The molecule has 0 unspecified atom stereocenters. The van der Waals surface area contributed by atoms with Crippen molar-refractivity contribution in [2.75, 3.05) is 29.1 Å². The summed E-state index contributed by atoms with van der Waals surface area (Å²) in [6.07, 6.45) is 1.21. The number of ether oxygens (including phenoxy) is 1. The predicted octanol–water partition coefficient (Wildman–Crippen LogP) is 16.8. The number of benzene rings is 8. The standard InChI is InChI=1S/C54H39NO2S6/c1-2-50(56)57-43-23-10-17-34-35(43)18-9-22-42(34)55-30-54(31-58-47-27-11-19-39-36-14-3-6-24-44(36)61-51(39)47,32-59-48-28-12-20-40-37-15-4-7-25-45(37)62-52(40)48)33-60-49-29-13-21-41-38-16-5-8-26-46(38)63-53(41)49/h2-29,55H,1,30-33H2. The van der Waals surface area contributed by atoms with Gasteiger partial charge in [0.05, 0.1) is 0 Å². The first-order chi connectivity index (χ1) is 31.0. The van der Waals surface area contributed by atoms with E-state index in [2.05, 4.69) is 151 Å². The summed E-state index contributed by atoms with van der Waals surface area (Å²) in [6, 6.07) is 58.9. The van der Waals surface area contributed by atoms with E-state index in [0.717, 1.165) is 40.3 Å². The van der Waals surface area contributed by atoms with Gasteiger partial charge in [-0.05, 0) is 48.5 Å². The van der Waals surface area contributed by atoms with Crippen molar-refractivity contribution in [3.05, 3.63) is 176 Å². The minimum Gasteiger partial charge on any atom is -0.423 e. The first kappa shape index (κ1) is 40.5. The number of anilines is 1. The second-order valence-electron chi connectivity index (χ2n) is 15.7. The first-order valence-corrected chi connectivity index (χ1v) is 26.1. The molecule has 0 spiro atoms. The molecule has 3 heterocycles. The highest BCUT2D eigenvalue weighted by atomic mass is 32.2. The van der Waals surface area contributed by atoms with E-state index in [9.17, 15) is 4.79 Å². The molecule has 0 aliphatic heterocycles. The lowest BCUT2D eigenvalue weighted by Crippen LogP contribution is -2.37. The molecule has 0 saturated carbocycles. The van der Waals surface area contributed by atoms with Crippen LogP contribution >= 0.6 is 69.3 Å². The molecular formula is C54H39NO2S6. The zero-order valence-corrected chi connectivity index (χ0v) is 38.9. The van der Waals surface area contributed by atoms with Gasteiger partial charge in [-0.25, -0.2) is 4.79 Å². The molecule has 3 nitrogen and oxygen atoms in total. The monoisotopic (exact) mass is 925 g/mol. The zero-order chi connectivity index (χ0) is 42.3. The normalized spacial score (nSPS) is 12.1. The number of esters is 1. The summed E-state index contributed by atoms with van der Waals surface area (Å²) < 4.78 is 13.7. The molecule has 8 aromatic carbocycles. The Bertz CT molecular complexity index is 3250. The van der Waals surface area contributed by atoms with E-state index < -0.39 is 5.97 Å². The summed E-state index contributed by atoms with van der Waals surface area (Å²) in [7, 11) is 0. The summed E-state index contributed by atoms with van der Waals surface area (Å²) in [6.45, 7) is 4.35. The maximum absolute atomic E-state index is 12.4. The lowest BCUT2D eigenvalue weighted by atomic mass is 9.95. The number of hydrogen-bond acceptors (Lipinski definition) is 9. The van der Waals surface area contributed by atoms with Crippen LogP contribution in [0.15, 0.2) is 191 Å². The summed E-state index contributed by atoms with van der Waals surface area (Å²) in [5, 5.41) is 13.8. The number of nitrogens with one attached hydrogen (secondary N) is 1. The summed E-state index contributed by atoms with van der Waals surface area (Å²) in [4.78, 5) is 16.3. The fourth-order valence-electron chi connectivity index (χ4n) is 8.43. The number of thiophene rings is 3. The van der Waals surface area contributed by atoms with Crippen molar-refractivity contribution in [3.8, 4) is 5.75 Å². The minimum atomic E-state index is -0.470. The van der Waals surface area contributed by atoms with E-state index in [4.69, 9.17) is 4.74 Å². The molecule has 0 radical (unpaired) electrons. The Labute approximate surface area is 390 Å². The van der Waals surface area contributed by atoms with Gasteiger partial charge in [-0.15, -0.1) is 69.3 Å². The predicted molar refractivity (Wildman–Crippen MR) is 281 cm³/mol. The summed E-state index contributed by atoms with van der Waals surface area (Å²) >= 11 is 11.7. The molecule has 11 rings (SSSR count). The van der Waals surface area contributed by atoms with Gasteiger partial charge >= 0.3 is 5.97 Å². The Morgan fingerprint density at radius 3 is 1.37 bits per heavy atom. The largest absolute Gasteiger partial charge is 0.423 e. The molecule has 0 amide bonds. The first-order valence-electron chi connectivity index (χ1n) is 20.7. The van der Waals surface area contributed by atoms with Crippen LogP contribution in [0, 0.1) is 5.41 Å². The third-order valence-corrected chi connectivity index (χ3v) is 19.9. The Kier molecular flexibility index (Phi) is 11.2. The Hall–Kier alpha value is -5.26. The van der Waals surface area contributed by atoms with Crippen LogP contribution in [0.4, 0.5) is 5.69 Å². The molecule has 0 atom stereocenters. The second kappa shape index (κ2) is 17.4. The summed E-state index contributed by atoms with van der Waals surface area (Å²) in [5.74, 6) is 2.74. The number of carbonyl (C=O) groups is 1. The number of hydrogen-bond donors (Lipinski definition) is 1. The van der Waals surface area contributed by atoms with Crippen molar-refractivity contribution in [2.24, 2.45) is 5.41 Å². The van der Waals surface area contributed by atoms with Crippen LogP contribution in [0.1, 0.15) is 0 Å². The van der Waals surface area contributed by atoms with Gasteiger partial charge in [0.15, 0.2) is 0 Å². The number of carbonyl (C=O) groups excluding carboxylic acids is 1. The number of fused-ring (bicyclic) bond motifs is 10. The van der Waals surface area contributed by atoms with Crippen LogP contribution in [0.2, 0.25) is 0 Å². The highest BCUT2D eigenvalue weighted by Gasteiger charge is 2.33. The van der Waals surface area contributed by atoms with Crippen molar-refractivity contribution >= 4 is 152 Å². The van der Waals surface area contributed by atoms with E-state index in [0.29, 0.717) is 5.75 Å². The second-order valence-corrected chi connectivity index (χ2v) is 21.9. The molecule has 63 heavy (non-hydrogen) atoms. The van der Waals surface area contributed by atoms with Gasteiger partial charge in [0.2, 0.25) is 0 Å². The van der Waals surface area contributed by atoms with Crippen LogP contribution in [-0.4, -0.2) is 29.8 Å². The van der Waals surface area contributed by atoms with Crippen molar-refractivity contribution in [1.29, 1.82) is 0 Å². The van der Waals surface area contributed by atoms with Crippen molar-refractivity contribution in [2.45, 2.75) is 14.7 Å². The topological polar surface area (TPSA) is 38.3 Å². The van der Waals surface area contributed by atoms with Gasteiger partial charge in [-0.2, -0.15) is 0 Å². The fraction of sp³-hybridized carbons (Fsp3) is 0.0926. The molecule has 0 aliphatic carbocycles. The third kappa shape index (κ3) is 7.79. The van der Waals surface area contributed by atoms with Gasteiger partial charge in [-0.1, -0.05) is 122 Å². The van der Waals surface area contributed by atoms with Crippen LogP contribution in [0.25, 0.3) is 71.3 Å². The highest BCUT2D eigenvalue weighted by Crippen LogP contribution is 2.48. The van der Waals surface area contributed by atoms with Crippen LogP contribution in [0.5, 0.6) is 5.75 Å². The Morgan fingerprint density at radius 1 is 0.492 bits per heavy atom. The van der Waals surface area contributed by atoms with Crippen molar-refractivity contribution in [3.63, 3.8) is 0 Å². The van der Waals surface area contributed by atoms with Gasteiger partial charge in [0.1, 0.15) is 5.75 Å². The minimum absolute atomic E-state index is 0.217. The van der Waals surface area contributed by atoms with Crippen LogP contribution in [0.3, 0.4) is 0 Å². The molecule has 0 aliphatic rings. The van der Waals surface area contributed by atoms with Crippen LogP contribution < -0.4 is 10.1 Å². The van der Waals surface area contributed by atoms with E-state index >= 15 is 0 Å². The molecule has 0 bridgehead atoms. The van der Waals surface area contributed by atoms with E-state index in [1.54, 1.807) is 0 Å². The molecule has 308 valence electrons. The molecular weight excluding hydrogens is 887 g/mol. The Balaban J connectivity index is 1.02. The lowest BCUT2D eigenvalue weighted by molar-refractivity contribution is -0.128. The van der Waals surface area contributed by atoms with Crippen molar-refractivity contribution in [1.82, 2.24) is 0 Å². The lowest BCUT2D eigenvalue weighted by Gasteiger charge is -2.34. The number of thioether (sulfide) groups is 3. The third-order valence-electron chi connectivity index (χ3n) is 11.6. The van der Waals surface area contributed by atoms with E-state index in [1.165, 1.54) is 81.3 Å². The molecule has 3 aromatic heterocycles. The van der Waals surface area contributed by atoms with E-state index in [-0.39, 0.29) is 5.41 Å². The fourth-order valence-corrected chi connectivity index (χ4v) is 16.6. The van der Waals surface area contributed by atoms with Gasteiger partial charge < -0.3 is 10.1 Å². The zero-order valence-electron chi connectivity index (χ0n) is 34.0. The van der Waals surface area contributed by atoms with E-state index in [1.807, 2.05) is 93.6 Å². The van der Waals surface area contributed by atoms with Gasteiger partial charge in [0, 0.05) is 127 Å². The van der Waals surface area contributed by atoms with Crippen LogP contribution in [-0.2, 0) is 4.79 Å². The average molecular weight is 926 g/mol.